The number of nitrogens with one attached hydrogen (secondary N) is 1. The van der Waals surface area contributed by atoms with Gasteiger partial charge in [0.2, 0.25) is 0 Å². The first-order valence-corrected chi connectivity index (χ1v) is 11.3. The highest BCUT2D eigenvalue weighted by Crippen LogP contribution is 2.39. The van der Waals surface area contributed by atoms with Crippen molar-refractivity contribution in [3.05, 3.63) is 64.9 Å². The van der Waals surface area contributed by atoms with E-state index in [2.05, 4.69) is 60.7 Å². The second-order valence-electron chi connectivity index (χ2n) is 8.13. The lowest BCUT2D eigenvalue weighted by molar-refractivity contribution is 0.343. The molecule has 0 bridgehead atoms. The molecule has 5 heteroatoms. The van der Waals surface area contributed by atoms with Crippen molar-refractivity contribution in [3.63, 3.8) is 0 Å². The molecule has 1 saturated heterocycles. The summed E-state index contributed by atoms with van der Waals surface area (Å²) >= 11 is 3.61. The molecule has 29 heavy (non-hydrogen) atoms. The van der Waals surface area contributed by atoms with Gasteiger partial charge >= 0.3 is 0 Å². The zero-order valence-electron chi connectivity index (χ0n) is 16.5. The molecule has 0 spiro atoms. The smallest absolute Gasteiger partial charge is 0.0723 e. The number of hydrogen-bond acceptors (Lipinski definition) is 4. The minimum absolute atomic E-state index is 0.562. The molecular weight excluding hydrogens is 424 g/mol. The lowest BCUT2D eigenvalue weighted by atomic mass is 10.0. The lowest BCUT2D eigenvalue weighted by Crippen LogP contribution is -2.21. The number of likely N-dealkylation sites (tertiary alicyclic amines) is 1. The van der Waals surface area contributed by atoms with E-state index in [1.165, 1.54) is 44.3 Å². The number of rotatable bonds is 7. The molecule has 1 aliphatic carbocycles. The highest BCUT2D eigenvalue weighted by atomic mass is 79.9. The maximum atomic E-state index is 4.65. The van der Waals surface area contributed by atoms with Gasteiger partial charge in [-0.1, -0.05) is 15.9 Å². The maximum absolute atomic E-state index is 4.65. The van der Waals surface area contributed by atoms with Gasteiger partial charge in [0.15, 0.2) is 0 Å². The Bertz CT molecular complexity index is 1010. The van der Waals surface area contributed by atoms with E-state index in [1.54, 1.807) is 0 Å². The molecule has 2 radical (unpaired) electrons. The summed E-state index contributed by atoms with van der Waals surface area (Å²) in [5.74, 6) is 0.562. The van der Waals surface area contributed by atoms with Crippen molar-refractivity contribution in [1.82, 2.24) is 14.9 Å². The Hall–Kier alpha value is -1.98. The Balaban J connectivity index is 1.42. The van der Waals surface area contributed by atoms with E-state index >= 15 is 0 Å². The number of anilines is 2. The quantitative estimate of drug-likeness (QED) is 0.509. The van der Waals surface area contributed by atoms with E-state index in [9.17, 15) is 0 Å². The van der Waals surface area contributed by atoms with Crippen LogP contribution in [0.25, 0.3) is 10.9 Å². The van der Waals surface area contributed by atoms with E-state index in [1.807, 2.05) is 24.7 Å². The van der Waals surface area contributed by atoms with Gasteiger partial charge in [-0.15, -0.1) is 0 Å². The van der Waals surface area contributed by atoms with Crippen LogP contribution in [0.1, 0.15) is 36.8 Å². The maximum Gasteiger partial charge on any atom is 0.0723 e. The predicted octanol–water partition coefficient (Wildman–Crippen LogP) is 5.61. The number of aromatic nitrogens is 2. The minimum Gasteiger partial charge on any atom is -0.353 e. The van der Waals surface area contributed by atoms with Gasteiger partial charge in [0.05, 0.1) is 23.1 Å². The van der Waals surface area contributed by atoms with Gasteiger partial charge in [0, 0.05) is 40.8 Å². The van der Waals surface area contributed by atoms with Crippen molar-refractivity contribution in [2.45, 2.75) is 32.1 Å². The van der Waals surface area contributed by atoms with Crippen LogP contribution in [0.2, 0.25) is 0 Å². The molecule has 1 N–H and O–H groups in total. The summed E-state index contributed by atoms with van der Waals surface area (Å²) in [6, 6.07) is 8.45. The van der Waals surface area contributed by atoms with Crippen LogP contribution in [0.4, 0.5) is 11.4 Å². The first kappa shape index (κ1) is 19.0. The van der Waals surface area contributed by atoms with Crippen LogP contribution >= 0.6 is 15.9 Å². The number of fused-ring (bicyclic) bond motifs is 1. The summed E-state index contributed by atoms with van der Waals surface area (Å²) in [4.78, 5) is 11.7. The molecule has 1 saturated carbocycles. The normalized spacial score (nSPS) is 17.1. The van der Waals surface area contributed by atoms with Crippen molar-refractivity contribution in [3.8, 4) is 0 Å². The summed E-state index contributed by atoms with van der Waals surface area (Å²) < 4.78 is 1.05. The molecule has 0 amide bonds. The first-order chi connectivity index (χ1) is 14.2. The second kappa shape index (κ2) is 8.41. The lowest BCUT2D eigenvalue weighted by Gasteiger charge is -2.16. The summed E-state index contributed by atoms with van der Waals surface area (Å²) in [5.41, 5.74) is 5.41. The molecule has 0 atom stereocenters. The summed E-state index contributed by atoms with van der Waals surface area (Å²) in [6.45, 7) is 3.59. The van der Waals surface area contributed by atoms with Crippen molar-refractivity contribution in [2.75, 3.05) is 25.0 Å². The van der Waals surface area contributed by atoms with Crippen LogP contribution in [0, 0.1) is 12.3 Å². The Morgan fingerprint density at radius 3 is 2.79 bits per heavy atom. The van der Waals surface area contributed by atoms with Crippen LogP contribution in [0.3, 0.4) is 0 Å². The highest BCUT2D eigenvalue weighted by Gasteiger charge is 2.24. The Morgan fingerprint density at radius 2 is 1.97 bits per heavy atom. The molecule has 1 aliphatic heterocycles. The molecule has 3 aromatic rings. The number of halogens is 1. The minimum atomic E-state index is 0.562. The van der Waals surface area contributed by atoms with E-state index < -0.39 is 0 Å². The Morgan fingerprint density at radius 1 is 1.10 bits per heavy atom. The van der Waals surface area contributed by atoms with Crippen LogP contribution in [-0.4, -0.2) is 34.5 Å². The predicted molar refractivity (Wildman–Crippen MR) is 121 cm³/mol. The topological polar surface area (TPSA) is 41.1 Å². The zero-order chi connectivity index (χ0) is 19.6. The largest absolute Gasteiger partial charge is 0.353 e. The Labute approximate surface area is 180 Å². The summed E-state index contributed by atoms with van der Waals surface area (Å²) in [7, 11) is 0. The number of nitrogens with zero attached hydrogens (tertiary/aromatic N) is 3. The number of hydrogen-bond donors (Lipinski definition) is 1. The van der Waals surface area contributed by atoms with Crippen LogP contribution < -0.4 is 5.32 Å². The third-order valence-corrected chi connectivity index (χ3v) is 6.24. The van der Waals surface area contributed by atoms with E-state index in [-0.39, 0.29) is 0 Å². The van der Waals surface area contributed by atoms with Crippen LogP contribution in [0.15, 0.2) is 47.3 Å². The van der Waals surface area contributed by atoms with Gasteiger partial charge in [-0.25, -0.2) is 0 Å². The first-order valence-electron chi connectivity index (χ1n) is 10.5. The van der Waals surface area contributed by atoms with Gasteiger partial charge < -0.3 is 10.2 Å². The molecule has 148 valence electrons. The van der Waals surface area contributed by atoms with Crippen molar-refractivity contribution in [2.24, 2.45) is 5.92 Å². The fourth-order valence-corrected chi connectivity index (χ4v) is 4.35. The molecule has 3 heterocycles. The monoisotopic (exact) mass is 448 g/mol. The molecule has 4 nitrogen and oxygen atoms in total. The van der Waals surface area contributed by atoms with Gasteiger partial charge in [-0.2, -0.15) is 0 Å². The van der Waals surface area contributed by atoms with E-state index in [4.69, 9.17) is 0 Å². The average Bonchev–Trinajstić information content (AvgIpc) is 3.39. The molecular formula is C24H25BrN4. The fraction of sp³-hybridized carbons (Fsp3) is 0.375. The fourth-order valence-electron chi connectivity index (χ4n) is 3.99. The molecule has 0 unspecified atom stereocenters. The van der Waals surface area contributed by atoms with Crippen molar-refractivity contribution in [1.29, 1.82) is 0 Å². The third-order valence-electron chi connectivity index (χ3n) is 5.75. The second-order valence-corrected chi connectivity index (χ2v) is 9.05. The van der Waals surface area contributed by atoms with E-state index in [0.717, 1.165) is 45.3 Å². The highest BCUT2D eigenvalue weighted by molar-refractivity contribution is 9.10. The standard InChI is InChI=1S/C24H25BrN4/c25-20-5-6-23-22(13-20)24(19(15-27-23)11-17-3-4-17)28-21-12-18(14-26-16-21)7-10-29-8-1-2-9-29/h5-6,12-17H,1-4,7-10H2,(H,27,28). The SMILES string of the molecule is Brc1ccc2ncc([C]C3CC3)c(Nc3cncc(CCN4CCCC4)c3)c2c1. The van der Waals surface area contributed by atoms with Gasteiger partial charge in [0.25, 0.3) is 0 Å². The van der Waals surface area contributed by atoms with Crippen LogP contribution in [-0.2, 0) is 6.42 Å². The zero-order valence-corrected chi connectivity index (χ0v) is 18.1. The van der Waals surface area contributed by atoms with E-state index in [0.29, 0.717) is 5.92 Å². The number of benzene rings is 1. The third kappa shape index (κ3) is 4.62. The molecule has 1 aromatic carbocycles. The van der Waals surface area contributed by atoms with Gasteiger partial charge in [-0.05, 0) is 80.9 Å². The summed E-state index contributed by atoms with van der Waals surface area (Å²) in [5, 5.41) is 4.75. The summed E-state index contributed by atoms with van der Waals surface area (Å²) in [6.07, 6.45) is 15.6. The number of pyridine rings is 2. The average molecular weight is 449 g/mol. The molecule has 2 aliphatic rings. The van der Waals surface area contributed by atoms with Crippen molar-refractivity contribution < 1.29 is 0 Å². The molecule has 5 rings (SSSR count). The van der Waals surface area contributed by atoms with Crippen LogP contribution in [0.5, 0.6) is 0 Å². The van der Waals surface area contributed by atoms with Gasteiger partial charge in [0.1, 0.15) is 0 Å². The van der Waals surface area contributed by atoms with Gasteiger partial charge in [-0.3, -0.25) is 9.97 Å². The van der Waals surface area contributed by atoms with Crippen molar-refractivity contribution >= 4 is 38.2 Å². The molecule has 2 aromatic heterocycles. The Kier molecular flexibility index (Phi) is 5.51. The molecule has 2 fully saturated rings.